The number of ether oxygens (including phenoxy) is 2. The van der Waals surface area contributed by atoms with E-state index in [9.17, 15) is 18.0 Å². The number of alkyl halides is 3. The van der Waals surface area contributed by atoms with Crippen LogP contribution in [0.2, 0.25) is 0 Å². The van der Waals surface area contributed by atoms with Crippen molar-refractivity contribution >= 4 is 11.7 Å². The van der Waals surface area contributed by atoms with Crippen molar-refractivity contribution in [3.05, 3.63) is 17.5 Å². The van der Waals surface area contributed by atoms with Gasteiger partial charge in [0.1, 0.15) is 0 Å². The van der Waals surface area contributed by atoms with Gasteiger partial charge in [-0.15, -0.1) is 13.2 Å². The summed E-state index contributed by atoms with van der Waals surface area (Å²) in [5.41, 5.74) is 10.4. The van der Waals surface area contributed by atoms with Gasteiger partial charge < -0.3 is 20.9 Å². The minimum atomic E-state index is -4.93. The number of nitrogens with zero attached hydrogens (tertiary/aromatic N) is 1. The molecule has 9 heteroatoms. The molecule has 0 saturated heterocycles. The summed E-state index contributed by atoms with van der Waals surface area (Å²) in [5, 5.41) is 0. The largest absolute Gasteiger partial charge is 0.573 e. The number of hydrogen-bond donors (Lipinski definition) is 2. The number of pyridine rings is 1. The zero-order chi connectivity index (χ0) is 14.6. The lowest BCUT2D eigenvalue weighted by Gasteiger charge is -2.16. The van der Waals surface area contributed by atoms with Crippen molar-refractivity contribution in [2.75, 3.05) is 12.8 Å². The van der Waals surface area contributed by atoms with Gasteiger partial charge in [0.2, 0.25) is 0 Å². The van der Waals surface area contributed by atoms with E-state index in [-0.39, 0.29) is 29.9 Å². The number of aromatic nitrogens is 1. The van der Waals surface area contributed by atoms with E-state index >= 15 is 0 Å². The summed E-state index contributed by atoms with van der Waals surface area (Å²) in [5.74, 6) is -1.34. The van der Waals surface area contributed by atoms with Crippen LogP contribution in [0, 0.1) is 0 Å². The maximum absolute atomic E-state index is 12.3. The molecule has 0 aliphatic rings. The van der Waals surface area contributed by atoms with E-state index < -0.39 is 18.1 Å². The second-order valence-electron chi connectivity index (χ2n) is 3.48. The van der Waals surface area contributed by atoms with E-state index in [0.717, 1.165) is 13.3 Å². The molecule has 0 atom stereocenters. The quantitative estimate of drug-likeness (QED) is 0.788. The molecule has 1 aromatic rings. The van der Waals surface area contributed by atoms with Gasteiger partial charge in [-0.1, -0.05) is 0 Å². The topological polar surface area (TPSA) is 100 Å². The minimum Gasteiger partial charge on any atom is -0.469 e. The second kappa shape index (κ2) is 5.74. The predicted molar refractivity (Wildman–Crippen MR) is 58.9 cm³/mol. The summed E-state index contributed by atoms with van der Waals surface area (Å²) < 4.78 is 45.0. The molecule has 0 bridgehead atoms. The van der Waals surface area contributed by atoms with Gasteiger partial charge in [-0.05, 0) is 0 Å². The first-order valence-electron chi connectivity index (χ1n) is 5.07. The zero-order valence-corrected chi connectivity index (χ0v) is 9.95. The Bertz CT molecular complexity index is 477. The van der Waals surface area contributed by atoms with Crippen LogP contribution >= 0.6 is 0 Å². The second-order valence-corrected chi connectivity index (χ2v) is 3.48. The molecule has 1 aromatic heterocycles. The van der Waals surface area contributed by atoms with Crippen LogP contribution in [0.5, 0.6) is 5.75 Å². The molecule has 106 valence electrons. The van der Waals surface area contributed by atoms with Crippen LogP contribution < -0.4 is 16.2 Å². The molecule has 1 rings (SSSR count). The minimum absolute atomic E-state index is 0.0725. The van der Waals surface area contributed by atoms with Crippen molar-refractivity contribution in [1.29, 1.82) is 0 Å². The van der Waals surface area contributed by atoms with Crippen LogP contribution in [0.1, 0.15) is 11.3 Å². The number of nitrogens with two attached hydrogens (primary N) is 2. The van der Waals surface area contributed by atoms with Crippen LogP contribution in [0.4, 0.5) is 18.9 Å². The highest BCUT2D eigenvalue weighted by molar-refractivity contribution is 5.76. The Morgan fingerprint density at radius 2 is 2.11 bits per heavy atom. The van der Waals surface area contributed by atoms with E-state index in [0.29, 0.717) is 0 Å². The number of anilines is 1. The summed E-state index contributed by atoms with van der Waals surface area (Å²) in [4.78, 5) is 14.8. The van der Waals surface area contributed by atoms with E-state index in [1.54, 1.807) is 0 Å². The number of esters is 1. The van der Waals surface area contributed by atoms with Gasteiger partial charge in [0.15, 0.2) is 5.75 Å². The fraction of sp³-hybridized carbons (Fsp3) is 0.400. The molecule has 4 N–H and O–H groups in total. The van der Waals surface area contributed by atoms with Crippen LogP contribution in [0.25, 0.3) is 0 Å². The lowest BCUT2D eigenvalue weighted by atomic mass is 10.1. The SMILES string of the molecule is COC(=O)Cc1cnc(CN)c(OC(F)(F)F)c1N. The lowest BCUT2D eigenvalue weighted by Crippen LogP contribution is -2.21. The van der Waals surface area contributed by atoms with Crippen molar-refractivity contribution in [3.63, 3.8) is 0 Å². The van der Waals surface area contributed by atoms with E-state index in [2.05, 4.69) is 14.5 Å². The van der Waals surface area contributed by atoms with Gasteiger partial charge >= 0.3 is 12.3 Å². The fourth-order valence-electron chi connectivity index (χ4n) is 1.33. The number of methoxy groups -OCH3 is 1. The maximum Gasteiger partial charge on any atom is 0.573 e. The van der Waals surface area contributed by atoms with Gasteiger partial charge in [0.25, 0.3) is 0 Å². The van der Waals surface area contributed by atoms with Gasteiger partial charge in [-0.2, -0.15) is 0 Å². The van der Waals surface area contributed by atoms with Gasteiger partial charge in [0, 0.05) is 18.3 Å². The molecule has 0 aromatic carbocycles. The number of carbonyl (C=O) groups excluding carboxylic acids is 1. The Labute approximate surface area is 106 Å². The molecule has 6 nitrogen and oxygen atoms in total. The summed E-state index contributed by atoms with van der Waals surface area (Å²) in [6.45, 7) is -0.284. The highest BCUT2D eigenvalue weighted by atomic mass is 19.4. The summed E-state index contributed by atoms with van der Waals surface area (Å²) in [6.07, 6.45) is -4.07. The summed E-state index contributed by atoms with van der Waals surface area (Å²) >= 11 is 0. The molecule has 0 radical (unpaired) electrons. The van der Waals surface area contributed by atoms with Gasteiger partial charge in [0.05, 0.1) is 24.9 Å². The first kappa shape index (κ1) is 15.0. The van der Waals surface area contributed by atoms with Crippen molar-refractivity contribution in [2.45, 2.75) is 19.3 Å². The van der Waals surface area contributed by atoms with Crippen LogP contribution in [0.15, 0.2) is 6.20 Å². The van der Waals surface area contributed by atoms with E-state index in [1.807, 2.05) is 0 Å². The predicted octanol–water partition coefficient (Wildman–Crippen LogP) is 0.737. The Morgan fingerprint density at radius 1 is 1.47 bits per heavy atom. The molecule has 0 fully saturated rings. The van der Waals surface area contributed by atoms with Gasteiger partial charge in [-0.3, -0.25) is 9.78 Å². The van der Waals surface area contributed by atoms with Crippen LogP contribution in [0.3, 0.4) is 0 Å². The van der Waals surface area contributed by atoms with Crippen LogP contribution in [-0.2, 0) is 22.5 Å². The third-order valence-electron chi connectivity index (χ3n) is 2.20. The standard InChI is InChI=1S/C10H12F3N3O3/c1-18-7(17)2-5-4-16-6(3-14)9(8(5)15)19-10(11,12)13/h4H,2-3,14H2,1H3,(H2,15,16). The van der Waals surface area contributed by atoms with Crippen molar-refractivity contribution in [2.24, 2.45) is 5.73 Å². The van der Waals surface area contributed by atoms with Crippen molar-refractivity contribution in [3.8, 4) is 5.75 Å². The molecule has 1 heterocycles. The summed E-state index contributed by atoms with van der Waals surface area (Å²) in [7, 11) is 1.15. The molecule has 0 saturated carbocycles. The Balaban J connectivity index is 3.18. The molecule has 0 unspecified atom stereocenters. The average molecular weight is 279 g/mol. The Hall–Kier alpha value is -2.03. The number of carbonyl (C=O) groups is 1. The fourth-order valence-corrected chi connectivity index (χ4v) is 1.33. The number of rotatable bonds is 4. The molecule has 0 amide bonds. The van der Waals surface area contributed by atoms with Gasteiger partial charge in [-0.25, -0.2) is 0 Å². The normalized spacial score (nSPS) is 11.2. The Morgan fingerprint density at radius 3 is 2.58 bits per heavy atom. The highest BCUT2D eigenvalue weighted by Gasteiger charge is 2.34. The first-order valence-corrected chi connectivity index (χ1v) is 5.07. The van der Waals surface area contributed by atoms with E-state index in [4.69, 9.17) is 11.5 Å². The third-order valence-corrected chi connectivity index (χ3v) is 2.20. The Kier molecular flexibility index (Phi) is 4.54. The van der Waals surface area contributed by atoms with Crippen molar-refractivity contribution < 1.29 is 27.4 Å². The van der Waals surface area contributed by atoms with Crippen LogP contribution in [-0.4, -0.2) is 24.4 Å². The monoisotopic (exact) mass is 279 g/mol. The number of halogens is 3. The molecule has 0 aliphatic carbocycles. The average Bonchev–Trinajstić information content (AvgIpc) is 2.32. The molecule has 0 aliphatic heterocycles. The highest BCUT2D eigenvalue weighted by Crippen LogP contribution is 2.33. The third kappa shape index (κ3) is 3.98. The number of hydrogen-bond acceptors (Lipinski definition) is 6. The van der Waals surface area contributed by atoms with Crippen molar-refractivity contribution in [1.82, 2.24) is 4.98 Å². The number of nitrogen functional groups attached to an aromatic ring is 1. The smallest absolute Gasteiger partial charge is 0.469 e. The van der Waals surface area contributed by atoms with E-state index in [1.165, 1.54) is 0 Å². The molecule has 0 spiro atoms. The lowest BCUT2D eigenvalue weighted by molar-refractivity contribution is -0.274. The molecular formula is C10H12F3N3O3. The zero-order valence-electron chi connectivity index (χ0n) is 9.95. The summed E-state index contributed by atoms with van der Waals surface area (Å²) in [6, 6.07) is 0. The maximum atomic E-state index is 12.3. The molecule has 19 heavy (non-hydrogen) atoms. The first-order chi connectivity index (χ1) is 8.78. The molecular weight excluding hydrogens is 267 g/mol.